The number of carbonyl (C=O) groups is 2. The fraction of sp³-hybridized carbons (Fsp3) is 0.882. The average Bonchev–Trinajstić information content (AvgIpc) is 2.60. The van der Waals surface area contributed by atoms with Crippen molar-refractivity contribution in [2.75, 3.05) is 0 Å². The van der Waals surface area contributed by atoms with Crippen LogP contribution in [0.1, 0.15) is 67.2 Å². The molecular formula is C17H32O5. The van der Waals surface area contributed by atoms with Gasteiger partial charge in [-0.25, -0.2) is 0 Å². The predicted molar refractivity (Wildman–Crippen MR) is 85.6 cm³/mol. The molecule has 3 atom stereocenters. The van der Waals surface area contributed by atoms with Gasteiger partial charge in [0.15, 0.2) is 0 Å². The molecule has 3 N–H and O–H groups in total. The number of aliphatic hydroxyl groups excluding tert-OH is 1. The summed E-state index contributed by atoms with van der Waals surface area (Å²) in [6.45, 7) is 11.7. The van der Waals surface area contributed by atoms with Crippen molar-refractivity contribution in [3.63, 3.8) is 0 Å². The van der Waals surface area contributed by atoms with E-state index in [9.17, 15) is 9.90 Å². The summed E-state index contributed by atoms with van der Waals surface area (Å²) >= 11 is 0. The minimum Gasteiger partial charge on any atom is -0.481 e. The summed E-state index contributed by atoms with van der Waals surface area (Å²) in [4.78, 5) is 18.8. The van der Waals surface area contributed by atoms with Crippen LogP contribution in [0, 0.1) is 22.7 Å². The summed E-state index contributed by atoms with van der Waals surface area (Å²) in [6.07, 6.45) is 3.85. The Morgan fingerprint density at radius 1 is 1.18 bits per heavy atom. The van der Waals surface area contributed by atoms with Crippen LogP contribution in [0.15, 0.2) is 0 Å². The van der Waals surface area contributed by atoms with Crippen LogP contribution in [-0.4, -0.2) is 33.4 Å². The van der Waals surface area contributed by atoms with Gasteiger partial charge in [0.05, 0.1) is 6.10 Å². The molecule has 0 aromatic rings. The molecule has 0 aromatic carbocycles. The second-order valence-electron chi connectivity index (χ2n) is 7.64. The van der Waals surface area contributed by atoms with E-state index in [4.69, 9.17) is 15.0 Å². The Balaban J connectivity index is 0.000000348. The fourth-order valence-corrected chi connectivity index (χ4v) is 3.51. The van der Waals surface area contributed by atoms with E-state index in [1.54, 1.807) is 0 Å². The smallest absolute Gasteiger partial charge is 0.303 e. The molecule has 5 heteroatoms. The lowest BCUT2D eigenvalue weighted by Gasteiger charge is -2.36. The van der Waals surface area contributed by atoms with Crippen molar-refractivity contribution in [1.29, 1.82) is 0 Å². The number of aliphatic hydroxyl groups is 1. The zero-order valence-electron chi connectivity index (χ0n) is 14.7. The van der Waals surface area contributed by atoms with Gasteiger partial charge in [0.1, 0.15) is 0 Å². The molecule has 0 heterocycles. The highest BCUT2D eigenvalue weighted by Crippen LogP contribution is 2.65. The topological polar surface area (TPSA) is 94.8 Å². The van der Waals surface area contributed by atoms with Crippen LogP contribution < -0.4 is 0 Å². The van der Waals surface area contributed by atoms with Gasteiger partial charge in [-0.1, -0.05) is 34.6 Å². The molecule has 22 heavy (non-hydrogen) atoms. The zero-order chi connectivity index (χ0) is 17.7. The average molecular weight is 316 g/mol. The molecule has 3 unspecified atom stereocenters. The van der Waals surface area contributed by atoms with Crippen molar-refractivity contribution < 1.29 is 24.9 Å². The lowest BCUT2D eigenvalue weighted by Crippen LogP contribution is -2.35. The third-order valence-corrected chi connectivity index (χ3v) is 5.33. The molecule has 2 fully saturated rings. The van der Waals surface area contributed by atoms with Crippen LogP contribution in [-0.2, 0) is 9.59 Å². The molecule has 0 amide bonds. The summed E-state index contributed by atoms with van der Waals surface area (Å²) in [6, 6.07) is 0. The molecule has 2 saturated carbocycles. The number of carboxylic acid groups (broad SMARTS) is 2. The van der Waals surface area contributed by atoms with Crippen molar-refractivity contribution in [3.8, 4) is 0 Å². The van der Waals surface area contributed by atoms with Gasteiger partial charge in [-0.3, -0.25) is 9.59 Å². The Kier molecular flexibility index (Phi) is 7.55. The molecule has 2 aliphatic rings. The first-order chi connectivity index (χ1) is 9.84. The van der Waals surface area contributed by atoms with Crippen molar-refractivity contribution >= 4 is 11.9 Å². The molecule has 130 valence electrons. The van der Waals surface area contributed by atoms with Gasteiger partial charge in [0.2, 0.25) is 0 Å². The quantitative estimate of drug-likeness (QED) is 0.725. The maximum atomic E-state index is 9.81. The standard InChI is InChI=1S/C10H18O.C5H10O2.C2H4O2/c1-9(2)7-4-5-10(9,3)8(11)6-7;1-4(2)3-5(6)7;1-2(3)4/h7-8,11H,4-6H2,1-3H3;4H,3H2,1-2H3,(H,6,7);1H3,(H,3,4). The lowest BCUT2D eigenvalue weighted by molar-refractivity contribution is -0.138. The number of hydrogen-bond acceptors (Lipinski definition) is 3. The van der Waals surface area contributed by atoms with E-state index >= 15 is 0 Å². The highest BCUT2D eigenvalue weighted by atomic mass is 16.4. The second kappa shape index (κ2) is 7.95. The van der Waals surface area contributed by atoms with Gasteiger partial charge in [0, 0.05) is 13.3 Å². The van der Waals surface area contributed by atoms with E-state index in [2.05, 4.69) is 20.8 Å². The molecule has 2 bridgehead atoms. The van der Waals surface area contributed by atoms with Crippen LogP contribution in [0.5, 0.6) is 0 Å². The van der Waals surface area contributed by atoms with Gasteiger partial charge in [-0.2, -0.15) is 0 Å². The number of rotatable bonds is 2. The number of fused-ring (bicyclic) bond motifs is 2. The van der Waals surface area contributed by atoms with Crippen LogP contribution in [0.4, 0.5) is 0 Å². The van der Waals surface area contributed by atoms with E-state index in [-0.39, 0.29) is 23.9 Å². The Labute approximate surface area is 133 Å². The first-order valence-corrected chi connectivity index (χ1v) is 7.94. The van der Waals surface area contributed by atoms with Gasteiger partial charge >= 0.3 is 5.97 Å². The van der Waals surface area contributed by atoms with E-state index in [0.29, 0.717) is 5.41 Å². The van der Waals surface area contributed by atoms with Crippen LogP contribution in [0.3, 0.4) is 0 Å². The molecule has 0 saturated heterocycles. The van der Waals surface area contributed by atoms with Gasteiger partial charge in [-0.05, 0) is 41.9 Å². The highest BCUT2D eigenvalue weighted by Gasteiger charge is 2.60. The Morgan fingerprint density at radius 2 is 1.64 bits per heavy atom. The Morgan fingerprint density at radius 3 is 1.73 bits per heavy atom. The number of hydrogen-bond donors (Lipinski definition) is 3. The van der Waals surface area contributed by atoms with E-state index in [1.165, 1.54) is 12.8 Å². The maximum Gasteiger partial charge on any atom is 0.303 e. The second-order valence-corrected chi connectivity index (χ2v) is 7.64. The van der Waals surface area contributed by atoms with Crippen LogP contribution in [0.2, 0.25) is 0 Å². The monoisotopic (exact) mass is 316 g/mol. The Hall–Kier alpha value is -1.10. The largest absolute Gasteiger partial charge is 0.481 e. The molecule has 2 rings (SSSR count). The minimum atomic E-state index is -0.833. The third-order valence-electron chi connectivity index (χ3n) is 5.33. The maximum absolute atomic E-state index is 9.81. The van der Waals surface area contributed by atoms with Gasteiger partial charge < -0.3 is 15.3 Å². The summed E-state index contributed by atoms with van der Waals surface area (Å²) in [5.41, 5.74) is 0.601. The van der Waals surface area contributed by atoms with Crippen molar-refractivity contribution in [2.45, 2.75) is 73.3 Å². The number of aliphatic carboxylic acids is 2. The molecule has 0 aromatic heterocycles. The lowest BCUT2D eigenvalue weighted by atomic mass is 9.70. The van der Waals surface area contributed by atoms with Crippen molar-refractivity contribution in [3.05, 3.63) is 0 Å². The van der Waals surface area contributed by atoms with E-state index in [0.717, 1.165) is 19.3 Å². The molecule has 0 radical (unpaired) electrons. The van der Waals surface area contributed by atoms with Gasteiger partial charge in [0.25, 0.3) is 5.97 Å². The summed E-state index contributed by atoms with van der Waals surface area (Å²) < 4.78 is 0. The highest BCUT2D eigenvalue weighted by molar-refractivity contribution is 5.66. The molecular weight excluding hydrogens is 284 g/mol. The SMILES string of the molecule is CC(=O)O.CC(C)CC(=O)O.CC1(C)C2CCC1(C)C(O)C2. The first-order valence-electron chi connectivity index (χ1n) is 7.94. The van der Waals surface area contributed by atoms with E-state index in [1.807, 2.05) is 13.8 Å². The van der Waals surface area contributed by atoms with Crippen molar-refractivity contribution in [2.24, 2.45) is 22.7 Å². The summed E-state index contributed by atoms with van der Waals surface area (Å²) in [5.74, 6) is -0.491. The normalized spacial score (nSPS) is 30.9. The molecule has 0 aliphatic heterocycles. The summed E-state index contributed by atoms with van der Waals surface area (Å²) in [7, 11) is 0. The Bertz CT molecular complexity index is 385. The van der Waals surface area contributed by atoms with Crippen LogP contribution >= 0.6 is 0 Å². The molecule has 0 spiro atoms. The van der Waals surface area contributed by atoms with E-state index < -0.39 is 11.9 Å². The molecule has 5 nitrogen and oxygen atoms in total. The van der Waals surface area contributed by atoms with Crippen molar-refractivity contribution in [1.82, 2.24) is 0 Å². The number of carboxylic acids is 2. The predicted octanol–water partition coefficient (Wildman–Crippen LogP) is 3.40. The zero-order valence-corrected chi connectivity index (χ0v) is 14.7. The van der Waals surface area contributed by atoms with Gasteiger partial charge in [-0.15, -0.1) is 0 Å². The fourth-order valence-electron chi connectivity index (χ4n) is 3.51. The third kappa shape index (κ3) is 5.27. The minimum absolute atomic E-state index is 0.0313. The summed E-state index contributed by atoms with van der Waals surface area (Å²) in [5, 5.41) is 25.3. The van der Waals surface area contributed by atoms with Crippen LogP contribution in [0.25, 0.3) is 0 Å². The molecule has 2 aliphatic carbocycles. The first kappa shape index (κ1) is 20.9.